The maximum Gasteiger partial charge on any atom is 0.158 e. The molecule has 330 valence electrons. The van der Waals surface area contributed by atoms with Gasteiger partial charge in [-0.3, -0.25) is 0 Å². The molecule has 0 fully saturated rings. The summed E-state index contributed by atoms with van der Waals surface area (Å²) in [5.41, 5.74) is 2.57. The van der Waals surface area contributed by atoms with Crippen molar-refractivity contribution >= 4 is 29.5 Å². The molecule has 3 heterocycles. The van der Waals surface area contributed by atoms with E-state index in [1.165, 1.54) is 13.8 Å². The first-order valence-corrected chi connectivity index (χ1v) is 23.7. The van der Waals surface area contributed by atoms with E-state index in [-0.39, 0.29) is 38.1 Å². The predicted molar refractivity (Wildman–Crippen MR) is 213 cm³/mol. The van der Waals surface area contributed by atoms with Gasteiger partial charge >= 0.3 is 0 Å². The van der Waals surface area contributed by atoms with Gasteiger partial charge in [0.2, 0.25) is 0 Å². The zero-order valence-electron chi connectivity index (χ0n) is 34.1. The first-order chi connectivity index (χ1) is 26.9. The zero-order valence-corrected chi connectivity index (χ0v) is 36.6. The minimum atomic E-state index is -3.36. The number of aliphatic hydroxyl groups excluding tert-OH is 5. The Labute approximate surface area is 340 Å². The Morgan fingerprint density at radius 1 is 0.500 bits per heavy atom. The molecule has 3 aromatic rings. The number of hydrogen-bond donors (Lipinski definition) is 5. The van der Waals surface area contributed by atoms with Crippen LogP contribution in [-0.4, -0.2) is 167 Å². The number of hydrogen-bond acceptors (Lipinski definition) is 20. The van der Waals surface area contributed by atoms with Crippen LogP contribution in [0, 0.1) is 20.8 Å². The minimum Gasteiger partial charge on any atom is -0.394 e. The second-order valence-corrected chi connectivity index (χ2v) is 20.9. The molecule has 0 saturated heterocycles. The highest BCUT2D eigenvalue weighted by molar-refractivity contribution is 7.91. The number of sulfone groups is 3. The van der Waals surface area contributed by atoms with Crippen molar-refractivity contribution in [3.05, 3.63) is 71.3 Å². The smallest absolute Gasteiger partial charge is 0.158 e. The maximum absolute atomic E-state index is 11.7. The van der Waals surface area contributed by atoms with Crippen LogP contribution in [0.2, 0.25) is 0 Å². The third-order valence-corrected chi connectivity index (χ3v) is 13.0. The van der Waals surface area contributed by atoms with Crippen molar-refractivity contribution in [3.8, 4) is 0 Å². The average Bonchev–Trinajstić information content (AvgIpc) is 3.16. The van der Waals surface area contributed by atoms with Crippen molar-refractivity contribution in [1.82, 2.24) is 29.9 Å². The van der Waals surface area contributed by atoms with Gasteiger partial charge in [0.15, 0.2) is 47.0 Å². The lowest BCUT2D eigenvalue weighted by atomic mass is 10.2. The molecule has 0 aliphatic rings. The standard InChI is InChI=1S/2C12H20N2O5S.C11H18N2O4S/c2*1-8-4-13-12(14-5-8)11(9(2)20(3,17)18)19-7-10(16)6-15;1-8-6-12-11(13-7-8)10(17-5-4-14)9(2)18(3,15)16/h2*4-5,9-11,15-16H,6-7H2,1-3H3;6-7,9-10,14H,4-5H2,1-3H3/t9-,10+,11-;9-,10-,11-;9-,10-/m000/s1. The van der Waals surface area contributed by atoms with Crippen molar-refractivity contribution in [3.63, 3.8) is 0 Å². The zero-order chi connectivity index (χ0) is 44.4. The van der Waals surface area contributed by atoms with Crippen LogP contribution in [0.25, 0.3) is 0 Å². The predicted octanol–water partition coefficient (Wildman–Crippen LogP) is -0.474. The third kappa shape index (κ3) is 18.8. The lowest BCUT2D eigenvalue weighted by Crippen LogP contribution is -2.31. The molecule has 0 bridgehead atoms. The molecule has 3 rings (SSSR count). The van der Waals surface area contributed by atoms with Gasteiger partial charge in [-0.05, 0) is 58.2 Å². The van der Waals surface area contributed by atoms with E-state index < -0.39 is 89.0 Å². The third-order valence-electron chi connectivity index (χ3n) is 8.22. The summed E-state index contributed by atoms with van der Waals surface area (Å²) in [7, 11) is -10.0. The number of aromatic nitrogens is 6. The van der Waals surface area contributed by atoms with E-state index in [1.54, 1.807) is 44.1 Å². The second kappa shape index (κ2) is 24.8. The lowest BCUT2D eigenvalue weighted by molar-refractivity contribution is -0.0324. The van der Waals surface area contributed by atoms with Gasteiger partial charge in [-0.2, -0.15) is 0 Å². The summed E-state index contributed by atoms with van der Waals surface area (Å²) in [6.07, 6.45) is 8.10. The molecule has 0 amide bonds. The molecule has 5 N–H and O–H groups in total. The van der Waals surface area contributed by atoms with E-state index in [1.807, 2.05) is 20.8 Å². The van der Waals surface area contributed by atoms with Crippen molar-refractivity contribution in [2.75, 3.05) is 58.4 Å². The van der Waals surface area contributed by atoms with E-state index in [4.69, 9.17) is 29.5 Å². The summed E-state index contributed by atoms with van der Waals surface area (Å²) in [4.78, 5) is 24.5. The topological polar surface area (TPSA) is 309 Å². The van der Waals surface area contributed by atoms with Gasteiger partial charge in [0.25, 0.3) is 0 Å². The molecule has 20 nitrogen and oxygen atoms in total. The minimum absolute atomic E-state index is 0.0434. The molecule has 0 saturated carbocycles. The quantitative estimate of drug-likeness (QED) is 0.0957. The van der Waals surface area contributed by atoms with Crippen LogP contribution in [0.15, 0.2) is 37.2 Å². The molecule has 0 unspecified atom stereocenters. The molecular formula is C35H58N6O14S3. The van der Waals surface area contributed by atoms with Crippen LogP contribution in [-0.2, 0) is 43.7 Å². The summed E-state index contributed by atoms with van der Waals surface area (Å²) in [6, 6.07) is 0. The van der Waals surface area contributed by atoms with Crippen molar-refractivity contribution in [2.24, 2.45) is 0 Å². The summed E-state index contributed by atoms with van der Waals surface area (Å²) in [5.74, 6) is 0.782. The van der Waals surface area contributed by atoms with Crippen LogP contribution in [0.3, 0.4) is 0 Å². The Balaban J connectivity index is 0.000000436. The van der Waals surface area contributed by atoms with Crippen LogP contribution < -0.4 is 0 Å². The molecule has 23 heteroatoms. The Hall–Kier alpha value is -3.23. The largest absolute Gasteiger partial charge is 0.394 e. The fraction of sp³-hybridized carbons (Fsp3) is 0.657. The summed E-state index contributed by atoms with van der Waals surface area (Å²) in [6.45, 7) is 8.54. The van der Waals surface area contributed by atoms with Gasteiger partial charge in [0.05, 0.1) is 55.4 Å². The van der Waals surface area contributed by atoms with E-state index in [0.717, 1.165) is 35.5 Å². The number of rotatable bonds is 20. The van der Waals surface area contributed by atoms with E-state index >= 15 is 0 Å². The van der Waals surface area contributed by atoms with Crippen molar-refractivity contribution < 1.29 is 65.0 Å². The van der Waals surface area contributed by atoms with Gasteiger partial charge in [-0.15, -0.1) is 0 Å². The number of aliphatic hydroxyl groups is 5. The fourth-order valence-electron chi connectivity index (χ4n) is 4.30. The Kier molecular flexibility index (Phi) is 22.5. The molecule has 3 aromatic heterocycles. The highest BCUT2D eigenvalue weighted by atomic mass is 32.2. The molecule has 0 aliphatic heterocycles. The lowest BCUT2D eigenvalue weighted by Gasteiger charge is -2.23. The second-order valence-electron chi connectivity index (χ2n) is 13.7. The van der Waals surface area contributed by atoms with Crippen molar-refractivity contribution in [2.45, 2.75) is 87.8 Å². The molecule has 0 spiro atoms. The van der Waals surface area contributed by atoms with Crippen LogP contribution >= 0.6 is 0 Å². The van der Waals surface area contributed by atoms with Gasteiger partial charge in [-0.25, -0.2) is 55.2 Å². The summed E-state index contributed by atoms with van der Waals surface area (Å²) in [5, 5.41) is 42.5. The molecule has 0 aromatic carbocycles. The van der Waals surface area contributed by atoms with Crippen molar-refractivity contribution in [1.29, 1.82) is 0 Å². The number of ether oxygens (including phenoxy) is 3. The SMILES string of the molecule is Cc1cnc([C@@H](OCCO)[C@H](C)S(C)(=O)=O)nc1.Cc1cnc([C@@H](OC[C@@H](O)CO)[C@H](C)S(C)(=O)=O)nc1.Cc1cnc([C@@H](OC[C@H](O)CO)[C@H](C)S(C)(=O)=O)nc1. The van der Waals surface area contributed by atoms with Gasteiger partial charge in [0.1, 0.15) is 30.5 Å². The Morgan fingerprint density at radius 3 is 0.948 bits per heavy atom. The van der Waals surface area contributed by atoms with Gasteiger partial charge < -0.3 is 39.7 Å². The van der Waals surface area contributed by atoms with Gasteiger partial charge in [0, 0.05) is 55.9 Å². The molecule has 0 aliphatic carbocycles. The fourth-order valence-corrected chi connectivity index (χ4v) is 6.24. The first-order valence-electron chi connectivity index (χ1n) is 17.8. The normalized spacial score (nSPS) is 16.2. The Bertz CT molecular complexity index is 1860. The Morgan fingerprint density at radius 2 is 0.741 bits per heavy atom. The average molecular weight is 883 g/mol. The number of nitrogens with zero attached hydrogens (tertiary/aromatic N) is 6. The highest BCUT2D eigenvalue weighted by Crippen LogP contribution is 2.25. The van der Waals surface area contributed by atoms with Crippen LogP contribution in [0.1, 0.15) is 73.2 Å². The molecule has 58 heavy (non-hydrogen) atoms. The maximum atomic E-state index is 11.7. The summed E-state index contributed by atoms with van der Waals surface area (Å²) >= 11 is 0. The van der Waals surface area contributed by atoms with Crippen LogP contribution in [0.4, 0.5) is 0 Å². The molecule has 8 atom stereocenters. The van der Waals surface area contributed by atoms with E-state index in [2.05, 4.69) is 29.9 Å². The van der Waals surface area contributed by atoms with E-state index in [9.17, 15) is 35.5 Å². The highest BCUT2D eigenvalue weighted by Gasteiger charge is 2.33. The van der Waals surface area contributed by atoms with Crippen LogP contribution in [0.5, 0.6) is 0 Å². The monoisotopic (exact) mass is 882 g/mol. The molecular weight excluding hydrogens is 825 g/mol. The first kappa shape index (κ1) is 52.8. The molecule has 0 radical (unpaired) electrons. The number of aryl methyl sites for hydroxylation is 3. The van der Waals surface area contributed by atoms with Gasteiger partial charge in [-0.1, -0.05) is 0 Å². The van der Waals surface area contributed by atoms with E-state index in [0.29, 0.717) is 5.82 Å². The summed E-state index contributed by atoms with van der Waals surface area (Å²) < 4.78 is 86.0.